The van der Waals surface area contributed by atoms with Crippen molar-refractivity contribution in [3.63, 3.8) is 0 Å². The second kappa shape index (κ2) is 9.06. The third-order valence-corrected chi connectivity index (χ3v) is 3.60. The van der Waals surface area contributed by atoms with E-state index in [0.717, 1.165) is 24.4 Å². The van der Waals surface area contributed by atoms with Gasteiger partial charge in [-0.05, 0) is 43.5 Å². The standard InChI is InChI=1S/C17H27F2N/c1-13(2)8-6-4-5-7-11-20-14(3)15-9-10-16(18)17(19)12-15/h9-10,12-14,20H,4-8,11H2,1-3H3. The van der Waals surface area contributed by atoms with Crippen molar-refractivity contribution < 1.29 is 8.78 Å². The summed E-state index contributed by atoms with van der Waals surface area (Å²) in [6, 6.07) is 4.16. The molecule has 114 valence electrons. The van der Waals surface area contributed by atoms with Gasteiger partial charge < -0.3 is 5.32 Å². The van der Waals surface area contributed by atoms with Crippen molar-refractivity contribution in [3.8, 4) is 0 Å². The molecular weight excluding hydrogens is 256 g/mol. The molecule has 1 rings (SSSR count). The fourth-order valence-corrected chi connectivity index (χ4v) is 2.25. The van der Waals surface area contributed by atoms with Crippen LogP contribution in [-0.2, 0) is 0 Å². The monoisotopic (exact) mass is 283 g/mol. The molecule has 0 heterocycles. The van der Waals surface area contributed by atoms with Crippen molar-refractivity contribution in [2.75, 3.05) is 6.54 Å². The van der Waals surface area contributed by atoms with Crippen molar-refractivity contribution in [2.45, 2.75) is 58.9 Å². The zero-order chi connectivity index (χ0) is 15.0. The summed E-state index contributed by atoms with van der Waals surface area (Å²) in [5, 5.41) is 3.36. The van der Waals surface area contributed by atoms with E-state index in [4.69, 9.17) is 0 Å². The second-order valence-corrected chi connectivity index (χ2v) is 5.95. The highest BCUT2D eigenvalue weighted by Gasteiger charge is 2.08. The Kier molecular flexibility index (Phi) is 7.75. The lowest BCUT2D eigenvalue weighted by molar-refractivity contribution is 0.489. The highest BCUT2D eigenvalue weighted by atomic mass is 19.2. The van der Waals surface area contributed by atoms with Crippen LogP contribution in [0.25, 0.3) is 0 Å². The van der Waals surface area contributed by atoms with Crippen LogP contribution >= 0.6 is 0 Å². The summed E-state index contributed by atoms with van der Waals surface area (Å²) in [5.41, 5.74) is 0.795. The Morgan fingerprint density at radius 1 is 0.950 bits per heavy atom. The Morgan fingerprint density at radius 2 is 1.65 bits per heavy atom. The van der Waals surface area contributed by atoms with Gasteiger partial charge in [0.2, 0.25) is 0 Å². The minimum atomic E-state index is -0.786. The molecule has 0 radical (unpaired) electrons. The Bertz CT molecular complexity index is 391. The van der Waals surface area contributed by atoms with Gasteiger partial charge in [0.1, 0.15) is 0 Å². The lowest BCUT2D eigenvalue weighted by Gasteiger charge is -2.14. The molecule has 0 aliphatic carbocycles. The van der Waals surface area contributed by atoms with Crippen LogP contribution in [0.15, 0.2) is 18.2 Å². The lowest BCUT2D eigenvalue weighted by atomic mass is 10.0. The molecular formula is C17H27F2N. The number of nitrogens with one attached hydrogen (secondary N) is 1. The van der Waals surface area contributed by atoms with E-state index in [1.165, 1.54) is 37.8 Å². The van der Waals surface area contributed by atoms with Gasteiger partial charge in [-0.1, -0.05) is 45.6 Å². The minimum absolute atomic E-state index is 0.0563. The van der Waals surface area contributed by atoms with E-state index < -0.39 is 11.6 Å². The van der Waals surface area contributed by atoms with Crippen molar-refractivity contribution in [3.05, 3.63) is 35.4 Å². The first-order chi connectivity index (χ1) is 9.50. The van der Waals surface area contributed by atoms with E-state index in [-0.39, 0.29) is 6.04 Å². The predicted octanol–water partition coefficient (Wildman–Crippen LogP) is 5.22. The molecule has 0 saturated heterocycles. The highest BCUT2D eigenvalue weighted by molar-refractivity contribution is 5.20. The van der Waals surface area contributed by atoms with Crippen LogP contribution in [0.1, 0.15) is 64.5 Å². The van der Waals surface area contributed by atoms with Gasteiger partial charge in [0, 0.05) is 6.04 Å². The van der Waals surface area contributed by atoms with E-state index in [9.17, 15) is 8.78 Å². The fourth-order valence-electron chi connectivity index (χ4n) is 2.25. The normalized spacial score (nSPS) is 12.9. The van der Waals surface area contributed by atoms with Crippen LogP contribution in [-0.4, -0.2) is 6.54 Å². The zero-order valence-electron chi connectivity index (χ0n) is 12.9. The summed E-state index contributed by atoms with van der Waals surface area (Å²) in [6.07, 6.45) is 6.24. The van der Waals surface area contributed by atoms with Crippen LogP contribution in [0.4, 0.5) is 8.78 Å². The summed E-state index contributed by atoms with van der Waals surface area (Å²) < 4.78 is 26.0. The minimum Gasteiger partial charge on any atom is -0.310 e. The molecule has 0 aromatic heterocycles. The second-order valence-electron chi connectivity index (χ2n) is 5.95. The van der Waals surface area contributed by atoms with Gasteiger partial charge in [0.15, 0.2) is 11.6 Å². The average molecular weight is 283 g/mol. The first kappa shape index (κ1) is 17.1. The maximum absolute atomic E-state index is 13.1. The molecule has 20 heavy (non-hydrogen) atoms. The summed E-state index contributed by atoms with van der Waals surface area (Å²) in [5.74, 6) is -0.766. The number of hydrogen-bond donors (Lipinski definition) is 1. The summed E-state index contributed by atoms with van der Waals surface area (Å²) in [7, 11) is 0. The molecule has 1 atom stereocenters. The van der Waals surface area contributed by atoms with Crippen LogP contribution in [0.5, 0.6) is 0 Å². The van der Waals surface area contributed by atoms with Crippen molar-refractivity contribution in [2.24, 2.45) is 5.92 Å². The van der Waals surface area contributed by atoms with Gasteiger partial charge >= 0.3 is 0 Å². The number of benzene rings is 1. The molecule has 0 amide bonds. The smallest absolute Gasteiger partial charge is 0.159 e. The molecule has 1 N–H and O–H groups in total. The van der Waals surface area contributed by atoms with Gasteiger partial charge in [-0.25, -0.2) is 8.78 Å². The van der Waals surface area contributed by atoms with E-state index in [1.807, 2.05) is 6.92 Å². The van der Waals surface area contributed by atoms with Gasteiger partial charge in [0.05, 0.1) is 0 Å². The first-order valence-corrected chi connectivity index (χ1v) is 7.69. The quantitative estimate of drug-likeness (QED) is 0.612. The SMILES string of the molecule is CC(C)CCCCCCNC(C)c1ccc(F)c(F)c1. The maximum atomic E-state index is 13.1. The Labute approximate surface area is 121 Å². The maximum Gasteiger partial charge on any atom is 0.159 e. The topological polar surface area (TPSA) is 12.0 Å². The number of rotatable bonds is 9. The molecule has 1 aromatic carbocycles. The van der Waals surface area contributed by atoms with Crippen LogP contribution in [0.3, 0.4) is 0 Å². The van der Waals surface area contributed by atoms with E-state index >= 15 is 0 Å². The van der Waals surface area contributed by atoms with Gasteiger partial charge in [-0.2, -0.15) is 0 Å². The first-order valence-electron chi connectivity index (χ1n) is 7.69. The van der Waals surface area contributed by atoms with E-state index in [1.54, 1.807) is 6.07 Å². The summed E-state index contributed by atoms with van der Waals surface area (Å²) in [6.45, 7) is 7.41. The molecule has 1 aromatic rings. The lowest BCUT2D eigenvalue weighted by Crippen LogP contribution is -2.20. The Hall–Kier alpha value is -0.960. The number of hydrogen-bond acceptors (Lipinski definition) is 1. The van der Waals surface area contributed by atoms with Gasteiger partial charge in [-0.15, -0.1) is 0 Å². The Balaban J connectivity index is 2.16. The largest absolute Gasteiger partial charge is 0.310 e. The molecule has 0 fully saturated rings. The van der Waals surface area contributed by atoms with Gasteiger partial charge in [0.25, 0.3) is 0 Å². The third kappa shape index (κ3) is 6.47. The molecule has 3 heteroatoms. The molecule has 0 spiro atoms. The number of halogens is 2. The Morgan fingerprint density at radius 3 is 2.30 bits per heavy atom. The molecule has 0 aliphatic heterocycles. The predicted molar refractivity (Wildman–Crippen MR) is 80.7 cm³/mol. The van der Waals surface area contributed by atoms with Gasteiger partial charge in [-0.3, -0.25) is 0 Å². The molecule has 0 bridgehead atoms. The average Bonchev–Trinajstić information content (AvgIpc) is 2.40. The molecule has 0 aliphatic rings. The highest BCUT2D eigenvalue weighted by Crippen LogP contribution is 2.16. The van der Waals surface area contributed by atoms with Crippen LogP contribution in [0, 0.1) is 17.6 Å². The number of unbranched alkanes of at least 4 members (excludes halogenated alkanes) is 3. The van der Waals surface area contributed by atoms with Crippen LogP contribution < -0.4 is 5.32 Å². The third-order valence-electron chi connectivity index (χ3n) is 3.60. The van der Waals surface area contributed by atoms with Crippen molar-refractivity contribution in [1.29, 1.82) is 0 Å². The molecule has 1 unspecified atom stereocenters. The van der Waals surface area contributed by atoms with Crippen molar-refractivity contribution >= 4 is 0 Å². The zero-order valence-corrected chi connectivity index (χ0v) is 12.9. The summed E-state index contributed by atoms with van der Waals surface area (Å²) in [4.78, 5) is 0. The molecule has 0 saturated carbocycles. The van der Waals surface area contributed by atoms with E-state index in [0.29, 0.717) is 0 Å². The van der Waals surface area contributed by atoms with E-state index in [2.05, 4.69) is 19.2 Å². The molecule has 1 nitrogen and oxygen atoms in total. The van der Waals surface area contributed by atoms with Crippen molar-refractivity contribution in [1.82, 2.24) is 5.32 Å². The van der Waals surface area contributed by atoms with Crippen LogP contribution in [0.2, 0.25) is 0 Å². The summed E-state index contributed by atoms with van der Waals surface area (Å²) >= 11 is 0. The fraction of sp³-hybridized carbons (Fsp3) is 0.647.